The number of carbonyl (C=O) groups is 2. The van der Waals surface area contributed by atoms with E-state index in [1.807, 2.05) is 31.2 Å². The highest BCUT2D eigenvalue weighted by molar-refractivity contribution is 5.95. The zero-order valence-electron chi connectivity index (χ0n) is 13.8. The first-order valence-electron chi connectivity index (χ1n) is 8.50. The Morgan fingerprint density at radius 3 is 2.83 bits per heavy atom. The maximum atomic E-state index is 12.3. The molecule has 1 saturated heterocycles. The van der Waals surface area contributed by atoms with Crippen LogP contribution in [0.25, 0.3) is 0 Å². The largest absolute Gasteiger partial charge is 0.491 e. The van der Waals surface area contributed by atoms with Gasteiger partial charge in [0, 0.05) is 13.0 Å². The molecule has 1 fully saturated rings. The molecule has 1 N–H and O–H groups in total. The lowest BCUT2D eigenvalue weighted by molar-refractivity contribution is -0.135. The fourth-order valence-electron chi connectivity index (χ4n) is 2.65. The molecule has 1 aliphatic heterocycles. The Labute approximate surface area is 138 Å². The number of para-hydroxylation sites is 2. The van der Waals surface area contributed by atoms with Crippen LogP contribution in [0.1, 0.15) is 45.4 Å². The average Bonchev–Trinajstić information content (AvgIpc) is 2.54. The molecule has 0 atom stereocenters. The van der Waals surface area contributed by atoms with Crippen LogP contribution in [0.15, 0.2) is 24.3 Å². The minimum absolute atomic E-state index is 0.0790. The third-order valence-electron chi connectivity index (χ3n) is 3.88. The van der Waals surface area contributed by atoms with E-state index in [1.165, 1.54) is 0 Å². The summed E-state index contributed by atoms with van der Waals surface area (Å²) in [4.78, 5) is 26.0. The second kappa shape index (κ2) is 9.18. The number of rotatable bonds is 6. The van der Waals surface area contributed by atoms with Crippen LogP contribution in [-0.2, 0) is 9.59 Å². The van der Waals surface area contributed by atoms with Crippen LogP contribution in [-0.4, -0.2) is 36.4 Å². The summed E-state index contributed by atoms with van der Waals surface area (Å²) in [5.41, 5.74) is 0.658. The van der Waals surface area contributed by atoms with Crippen LogP contribution in [0.5, 0.6) is 5.75 Å². The summed E-state index contributed by atoms with van der Waals surface area (Å²) < 4.78 is 5.64. The van der Waals surface area contributed by atoms with Crippen molar-refractivity contribution in [3.05, 3.63) is 24.3 Å². The highest BCUT2D eigenvalue weighted by atomic mass is 16.5. The second-order valence-corrected chi connectivity index (χ2v) is 5.87. The van der Waals surface area contributed by atoms with Gasteiger partial charge in [0.25, 0.3) is 0 Å². The van der Waals surface area contributed by atoms with Gasteiger partial charge in [-0.3, -0.25) is 9.59 Å². The molecule has 23 heavy (non-hydrogen) atoms. The van der Waals surface area contributed by atoms with Crippen molar-refractivity contribution >= 4 is 17.5 Å². The van der Waals surface area contributed by atoms with Crippen molar-refractivity contribution in [1.29, 1.82) is 0 Å². The molecule has 0 saturated carbocycles. The minimum Gasteiger partial charge on any atom is -0.491 e. The zero-order chi connectivity index (χ0) is 16.5. The number of carbonyl (C=O) groups excluding carboxylic acids is 2. The van der Waals surface area contributed by atoms with E-state index in [2.05, 4.69) is 5.32 Å². The number of amides is 2. The number of ether oxygens (including phenoxy) is 1. The predicted octanol–water partition coefficient (Wildman–Crippen LogP) is 3.21. The van der Waals surface area contributed by atoms with Gasteiger partial charge in [0.05, 0.1) is 18.8 Å². The fourth-order valence-corrected chi connectivity index (χ4v) is 2.65. The third kappa shape index (κ3) is 5.58. The van der Waals surface area contributed by atoms with Gasteiger partial charge in [-0.25, -0.2) is 0 Å². The first-order chi connectivity index (χ1) is 11.2. The van der Waals surface area contributed by atoms with Crippen molar-refractivity contribution < 1.29 is 14.3 Å². The van der Waals surface area contributed by atoms with Crippen LogP contribution in [0.3, 0.4) is 0 Å². The van der Waals surface area contributed by atoms with Crippen LogP contribution in [0.4, 0.5) is 5.69 Å². The number of likely N-dealkylation sites (tertiary alicyclic amines) is 1. The summed E-state index contributed by atoms with van der Waals surface area (Å²) in [5, 5.41) is 2.87. The van der Waals surface area contributed by atoms with Crippen molar-refractivity contribution in [3.63, 3.8) is 0 Å². The van der Waals surface area contributed by atoms with E-state index in [0.29, 0.717) is 31.0 Å². The van der Waals surface area contributed by atoms with Crippen LogP contribution in [0, 0.1) is 0 Å². The molecule has 1 aliphatic rings. The molecule has 0 radical (unpaired) electrons. The lowest BCUT2D eigenvalue weighted by atomic mass is 10.1. The summed E-state index contributed by atoms with van der Waals surface area (Å²) >= 11 is 0. The van der Waals surface area contributed by atoms with E-state index in [0.717, 1.165) is 32.1 Å². The predicted molar refractivity (Wildman–Crippen MR) is 90.5 cm³/mol. The summed E-state index contributed by atoms with van der Waals surface area (Å²) in [7, 11) is 0. The van der Waals surface area contributed by atoms with E-state index < -0.39 is 0 Å². The van der Waals surface area contributed by atoms with E-state index in [1.54, 1.807) is 4.90 Å². The summed E-state index contributed by atoms with van der Waals surface area (Å²) in [6, 6.07) is 7.39. The van der Waals surface area contributed by atoms with Crippen molar-refractivity contribution in [3.8, 4) is 5.75 Å². The number of nitrogens with one attached hydrogen (secondary N) is 1. The lowest BCUT2D eigenvalue weighted by Crippen LogP contribution is -2.39. The van der Waals surface area contributed by atoms with Gasteiger partial charge >= 0.3 is 0 Å². The molecule has 0 aliphatic carbocycles. The number of benzene rings is 1. The molecule has 0 bridgehead atoms. The van der Waals surface area contributed by atoms with Gasteiger partial charge in [-0.1, -0.05) is 31.9 Å². The van der Waals surface area contributed by atoms with Crippen molar-refractivity contribution in [2.24, 2.45) is 0 Å². The molecule has 0 spiro atoms. The van der Waals surface area contributed by atoms with Gasteiger partial charge in [0.2, 0.25) is 11.8 Å². The Morgan fingerprint density at radius 2 is 2.00 bits per heavy atom. The minimum atomic E-state index is -0.175. The SMILES string of the molecule is CCCOc1ccccc1NC(=O)CN1CCCCCCC1=O. The topological polar surface area (TPSA) is 58.6 Å². The van der Waals surface area contributed by atoms with Gasteiger partial charge in [-0.2, -0.15) is 0 Å². The summed E-state index contributed by atoms with van der Waals surface area (Å²) in [5.74, 6) is 0.573. The Hall–Kier alpha value is -2.04. The monoisotopic (exact) mass is 318 g/mol. The number of anilines is 1. The molecular formula is C18H26N2O3. The van der Waals surface area contributed by atoms with E-state index in [4.69, 9.17) is 4.74 Å². The molecule has 1 heterocycles. The van der Waals surface area contributed by atoms with Crippen molar-refractivity contribution in [2.75, 3.05) is 25.0 Å². The molecule has 126 valence electrons. The molecule has 1 aromatic rings. The molecule has 5 heteroatoms. The smallest absolute Gasteiger partial charge is 0.244 e. The Kier molecular flexibility index (Phi) is 6.91. The molecule has 5 nitrogen and oxygen atoms in total. The summed E-state index contributed by atoms with van der Waals surface area (Å²) in [6.07, 6.45) is 5.57. The third-order valence-corrected chi connectivity index (χ3v) is 3.88. The van der Waals surface area contributed by atoms with Crippen LogP contribution in [0.2, 0.25) is 0 Å². The number of hydrogen-bond donors (Lipinski definition) is 1. The Balaban J connectivity index is 1.94. The van der Waals surface area contributed by atoms with E-state index >= 15 is 0 Å². The normalized spacial score (nSPS) is 15.7. The first-order valence-corrected chi connectivity index (χ1v) is 8.50. The van der Waals surface area contributed by atoms with Gasteiger partial charge in [-0.15, -0.1) is 0 Å². The molecule has 2 amide bonds. The molecule has 2 rings (SSSR count). The Bertz CT molecular complexity index is 531. The maximum absolute atomic E-state index is 12.3. The standard InChI is InChI=1S/C18H26N2O3/c1-2-13-23-16-10-7-6-9-15(16)19-17(21)14-20-12-8-4-3-5-11-18(20)22/h6-7,9-10H,2-5,8,11-14H2,1H3,(H,19,21). The molecular weight excluding hydrogens is 292 g/mol. The van der Waals surface area contributed by atoms with E-state index in [-0.39, 0.29) is 18.4 Å². The molecule has 1 aromatic carbocycles. The number of hydrogen-bond acceptors (Lipinski definition) is 3. The first kappa shape index (κ1) is 17.3. The molecule has 0 unspecified atom stereocenters. The van der Waals surface area contributed by atoms with Gasteiger partial charge < -0.3 is 15.0 Å². The van der Waals surface area contributed by atoms with Gasteiger partial charge in [0.15, 0.2) is 0 Å². The quantitative estimate of drug-likeness (QED) is 0.876. The van der Waals surface area contributed by atoms with Crippen LogP contribution >= 0.6 is 0 Å². The lowest BCUT2D eigenvalue weighted by Gasteiger charge is -2.24. The zero-order valence-corrected chi connectivity index (χ0v) is 13.8. The Morgan fingerprint density at radius 1 is 1.22 bits per heavy atom. The summed E-state index contributed by atoms with van der Waals surface area (Å²) in [6.45, 7) is 3.42. The van der Waals surface area contributed by atoms with Crippen LogP contribution < -0.4 is 10.1 Å². The highest BCUT2D eigenvalue weighted by Gasteiger charge is 2.19. The van der Waals surface area contributed by atoms with Gasteiger partial charge in [-0.05, 0) is 31.4 Å². The van der Waals surface area contributed by atoms with E-state index in [9.17, 15) is 9.59 Å². The number of nitrogens with zero attached hydrogens (tertiary/aromatic N) is 1. The second-order valence-electron chi connectivity index (χ2n) is 5.87. The fraction of sp³-hybridized carbons (Fsp3) is 0.556. The highest BCUT2D eigenvalue weighted by Crippen LogP contribution is 2.24. The van der Waals surface area contributed by atoms with Gasteiger partial charge in [0.1, 0.15) is 5.75 Å². The van der Waals surface area contributed by atoms with Crippen molar-refractivity contribution in [2.45, 2.75) is 45.4 Å². The average molecular weight is 318 g/mol. The maximum Gasteiger partial charge on any atom is 0.244 e. The molecule has 0 aromatic heterocycles. The van der Waals surface area contributed by atoms with Crippen molar-refractivity contribution in [1.82, 2.24) is 4.90 Å².